The number of aromatic nitrogens is 2. The van der Waals surface area contributed by atoms with E-state index < -0.39 is 10.0 Å². The van der Waals surface area contributed by atoms with Gasteiger partial charge in [0.2, 0.25) is 10.0 Å². The second-order valence-corrected chi connectivity index (χ2v) is 7.12. The molecule has 1 heterocycles. The Morgan fingerprint density at radius 2 is 1.91 bits per heavy atom. The van der Waals surface area contributed by atoms with Gasteiger partial charge in [-0.25, -0.2) is 8.42 Å². The van der Waals surface area contributed by atoms with Crippen molar-refractivity contribution in [1.29, 1.82) is 0 Å². The number of nitrogens with zero attached hydrogens (tertiary/aromatic N) is 3. The van der Waals surface area contributed by atoms with Gasteiger partial charge in [0.05, 0.1) is 5.75 Å². The van der Waals surface area contributed by atoms with Crippen molar-refractivity contribution in [3.05, 3.63) is 42.0 Å². The predicted molar refractivity (Wildman–Crippen MR) is 93.6 cm³/mol. The molecule has 7 heteroatoms. The standard InChI is InChI=1S/C16H22N4O2S/c1-4-11-23(21,22)19-15-9-10-16(18-17-15)20(5-2)14-8-6-7-13(3)12-14/h6-10,12H,4-5,11H2,1-3H3,(H,17,19). The molecule has 0 radical (unpaired) electrons. The van der Waals surface area contributed by atoms with Gasteiger partial charge in [-0.2, -0.15) is 0 Å². The van der Waals surface area contributed by atoms with E-state index in [1.807, 2.05) is 43.9 Å². The molecule has 1 aromatic carbocycles. The molecule has 1 aromatic heterocycles. The maximum atomic E-state index is 11.7. The van der Waals surface area contributed by atoms with E-state index in [1.165, 1.54) is 0 Å². The maximum absolute atomic E-state index is 11.7. The second-order valence-electron chi connectivity index (χ2n) is 5.28. The van der Waals surface area contributed by atoms with E-state index in [1.54, 1.807) is 12.1 Å². The molecule has 0 saturated heterocycles. The maximum Gasteiger partial charge on any atom is 0.233 e. The molecule has 124 valence electrons. The minimum Gasteiger partial charge on any atom is -0.325 e. The molecular formula is C16H22N4O2S. The Kier molecular flexibility index (Phi) is 5.54. The van der Waals surface area contributed by atoms with Gasteiger partial charge in [0.15, 0.2) is 11.6 Å². The zero-order chi connectivity index (χ0) is 16.9. The highest BCUT2D eigenvalue weighted by Crippen LogP contribution is 2.24. The fourth-order valence-electron chi connectivity index (χ4n) is 2.28. The van der Waals surface area contributed by atoms with Gasteiger partial charge in [0.25, 0.3) is 0 Å². The molecule has 0 amide bonds. The monoisotopic (exact) mass is 334 g/mol. The molecule has 0 fully saturated rings. The Morgan fingerprint density at radius 3 is 2.48 bits per heavy atom. The lowest BCUT2D eigenvalue weighted by Gasteiger charge is -2.22. The predicted octanol–water partition coefficient (Wildman–Crippen LogP) is 3.09. The van der Waals surface area contributed by atoms with Gasteiger partial charge in [-0.05, 0) is 50.1 Å². The normalized spacial score (nSPS) is 11.3. The zero-order valence-electron chi connectivity index (χ0n) is 13.7. The van der Waals surface area contributed by atoms with Crippen molar-refractivity contribution in [2.24, 2.45) is 0 Å². The first-order valence-electron chi connectivity index (χ1n) is 7.63. The highest BCUT2D eigenvalue weighted by molar-refractivity contribution is 7.92. The van der Waals surface area contributed by atoms with E-state index in [0.717, 1.165) is 17.8 Å². The van der Waals surface area contributed by atoms with E-state index in [9.17, 15) is 8.42 Å². The largest absolute Gasteiger partial charge is 0.325 e. The molecule has 0 aliphatic carbocycles. The third kappa shape index (κ3) is 4.66. The van der Waals surface area contributed by atoms with E-state index in [2.05, 4.69) is 21.0 Å². The van der Waals surface area contributed by atoms with Crippen molar-refractivity contribution in [2.75, 3.05) is 21.9 Å². The van der Waals surface area contributed by atoms with Crippen LogP contribution in [0.4, 0.5) is 17.3 Å². The van der Waals surface area contributed by atoms with Crippen LogP contribution in [0.1, 0.15) is 25.8 Å². The van der Waals surface area contributed by atoms with Crippen LogP contribution in [0.25, 0.3) is 0 Å². The summed E-state index contributed by atoms with van der Waals surface area (Å²) in [5, 5.41) is 8.13. The van der Waals surface area contributed by atoms with Crippen molar-refractivity contribution in [2.45, 2.75) is 27.2 Å². The van der Waals surface area contributed by atoms with Gasteiger partial charge < -0.3 is 4.90 Å². The highest BCUT2D eigenvalue weighted by atomic mass is 32.2. The SMILES string of the molecule is CCCS(=O)(=O)Nc1ccc(N(CC)c2cccc(C)c2)nn1. The Morgan fingerprint density at radius 1 is 1.13 bits per heavy atom. The minimum absolute atomic E-state index is 0.0702. The zero-order valence-corrected chi connectivity index (χ0v) is 14.5. The number of aryl methyl sites for hydroxylation is 1. The van der Waals surface area contributed by atoms with Crippen molar-refractivity contribution in [3.63, 3.8) is 0 Å². The van der Waals surface area contributed by atoms with Gasteiger partial charge in [-0.3, -0.25) is 4.72 Å². The molecule has 2 aromatic rings. The minimum atomic E-state index is -3.35. The van der Waals surface area contributed by atoms with Crippen LogP contribution in [0.15, 0.2) is 36.4 Å². The molecule has 0 aliphatic rings. The number of sulfonamides is 1. The van der Waals surface area contributed by atoms with Gasteiger partial charge in [-0.1, -0.05) is 19.1 Å². The molecule has 0 unspecified atom stereocenters. The fourth-order valence-corrected chi connectivity index (χ4v) is 3.34. The lowest BCUT2D eigenvalue weighted by Crippen LogP contribution is -2.20. The first-order valence-corrected chi connectivity index (χ1v) is 9.29. The summed E-state index contributed by atoms with van der Waals surface area (Å²) in [7, 11) is -3.35. The molecule has 1 N–H and O–H groups in total. The van der Waals surface area contributed by atoms with Crippen LogP contribution < -0.4 is 9.62 Å². The van der Waals surface area contributed by atoms with Crippen LogP contribution in [-0.4, -0.2) is 30.9 Å². The summed E-state index contributed by atoms with van der Waals surface area (Å²) in [6.07, 6.45) is 0.553. The van der Waals surface area contributed by atoms with Crippen molar-refractivity contribution < 1.29 is 8.42 Å². The lowest BCUT2D eigenvalue weighted by molar-refractivity contribution is 0.599. The summed E-state index contributed by atoms with van der Waals surface area (Å²) in [4.78, 5) is 2.02. The summed E-state index contributed by atoms with van der Waals surface area (Å²) in [6.45, 7) is 6.62. The third-order valence-corrected chi connectivity index (χ3v) is 4.76. The first-order chi connectivity index (χ1) is 10.9. The number of anilines is 3. The van der Waals surface area contributed by atoms with E-state index in [-0.39, 0.29) is 11.6 Å². The summed E-state index contributed by atoms with van der Waals surface area (Å²) in [5.74, 6) is 0.986. The lowest BCUT2D eigenvalue weighted by atomic mass is 10.2. The van der Waals surface area contributed by atoms with Gasteiger partial charge in [0, 0.05) is 12.2 Å². The van der Waals surface area contributed by atoms with Crippen LogP contribution in [0, 0.1) is 6.92 Å². The number of hydrogen-bond acceptors (Lipinski definition) is 5. The number of hydrogen-bond donors (Lipinski definition) is 1. The van der Waals surface area contributed by atoms with Crippen LogP contribution in [-0.2, 0) is 10.0 Å². The Bertz CT molecular complexity index is 745. The van der Waals surface area contributed by atoms with Gasteiger partial charge >= 0.3 is 0 Å². The molecule has 6 nitrogen and oxygen atoms in total. The number of rotatable bonds is 7. The average molecular weight is 334 g/mol. The van der Waals surface area contributed by atoms with Crippen molar-refractivity contribution >= 4 is 27.3 Å². The van der Waals surface area contributed by atoms with Gasteiger partial charge in [-0.15, -0.1) is 10.2 Å². The van der Waals surface area contributed by atoms with Crippen molar-refractivity contribution in [3.8, 4) is 0 Å². The van der Waals surface area contributed by atoms with E-state index in [0.29, 0.717) is 12.2 Å². The molecule has 2 rings (SSSR count). The Hall–Kier alpha value is -2.15. The van der Waals surface area contributed by atoms with Gasteiger partial charge in [0.1, 0.15) is 0 Å². The smallest absolute Gasteiger partial charge is 0.233 e. The second kappa shape index (κ2) is 7.41. The van der Waals surface area contributed by atoms with Crippen LogP contribution in [0.3, 0.4) is 0 Å². The average Bonchev–Trinajstić information content (AvgIpc) is 2.49. The number of benzene rings is 1. The summed E-state index contributed by atoms with van der Waals surface area (Å²) in [6, 6.07) is 11.5. The summed E-state index contributed by atoms with van der Waals surface area (Å²) in [5.41, 5.74) is 2.19. The number of nitrogens with one attached hydrogen (secondary N) is 1. The fraction of sp³-hybridized carbons (Fsp3) is 0.375. The molecule has 0 bridgehead atoms. The molecule has 23 heavy (non-hydrogen) atoms. The molecular weight excluding hydrogens is 312 g/mol. The summed E-state index contributed by atoms with van der Waals surface area (Å²) < 4.78 is 25.9. The van der Waals surface area contributed by atoms with Crippen molar-refractivity contribution in [1.82, 2.24) is 10.2 Å². The highest BCUT2D eigenvalue weighted by Gasteiger charge is 2.12. The summed E-state index contributed by atoms with van der Waals surface area (Å²) >= 11 is 0. The third-order valence-electron chi connectivity index (χ3n) is 3.29. The molecule has 0 saturated carbocycles. The Labute approximate surface area is 137 Å². The molecule has 0 atom stereocenters. The van der Waals surface area contributed by atoms with Crippen LogP contribution >= 0.6 is 0 Å². The molecule has 0 aliphatic heterocycles. The topological polar surface area (TPSA) is 75.2 Å². The van der Waals surface area contributed by atoms with E-state index in [4.69, 9.17) is 0 Å². The van der Waals surface area contributed by atoms with E-state index >= 15 is 0 Å². The Balaban J connectivity index is 2.20. The quantitative estimate of drug-likeness (QED) is 0.842. The first kappa shape index (κ1) is 17.2. The molecule has 0 spiro atoms. The van der Waals surface area contributed by atoms with Crippen LogP contribution in [0.2, 0.25) is 0 Å². The van der Waals surface area contributed by atoms with Crippen LogP contribution in [0.5, 0.6) is 0 Å².